The number of nitrogens with zero attached hydrogens (tertiary/aromatic N) is 2. The van der Waals surface area contributed by atoms with Crippen molar-refractivity contribution < 1.29 is 23.1 Å². The number of nitrogens with one attached hydrogen (secondary N) is 4. The van der Waals surface area contributed by atoms with Gasteiger partial charge < -0.3 is 25.6 Å². The molecule has 0 aliphatic heterocycles. The fourth-order valence-electron chi connectivity index (χ4n) is 6.67. The number of carbonyl (C=O) groups is 2. The number of hydrogen-bond acceptors (Lipinski definition) is 7. The fourth-order valence-corrected chi connectivity index (χ4v) is 7.75. The lowest BCUT2D eigenvalue weighted by Gasteiger charge is -2.18. The average molecular weight is 799 g/mol. The van der Waals surface area contributed by atoms with Gasteiger partial charge in [-0.05, 0) is 97.5 Å². The molecule has 58 heavy (non-hydrogen) atoms. The van der Waals surface area contributed by atoms with E-state index in [9.17, 15) is 23.1 Å². The molecule has 0 aliphatic carbocycles. The third kappa shape index (κ3) is 11.6. The van der Waals surface area contributed by atoms with Crippen molar-refractivity contribution in [2.45, 2.75) is 70.3 Å². The van der Waals surface area contributed by atoms with Gasteiger partial charge in [-0.2, -0.15) is 0 Å². The zero-order valence-electron chi connectivity index (χ0n) is 33.0. The molecule has 0 bridgehead atoms. The zero-order valence-corrected chi connectivity index (χ0v) is 33.8. The highest BCUT2D eigenvalue weighted by Gasteiger charge is 2.16. The number of aromatic nitrogens is 2. The highest BCUT2D eigenvalue weighted by Crippen LogP contribution is 2.18. The van der Waals surface area contributed by atoms with Crippen LogP contribution in [0.15, 0.2) is 138 Å². The summed E-state index contributed by atoms with van der Waals surface area (Å²) < 4.78 is 30.4. The minimum atomic E-state index is -3.74. The summed E-state index contributed by atoms with van der Waals surface area (Å²) in [4.78, 5) is 30.5. The zero-order chi connectivity index (χ0) is 41.1. The van der Waals surface area contributed by atoms with Gasteiger partial charge in [-0.25, -0.2) is 18.1 Å². The van der Waals surface area contributed by atoms with Crippen LogP contribution in [0.3, 0.4) is 0 Å². The molecule has 6 rings (SSSR count). The Labute approximate surface area is 340 Å². The van der Waals surface area contributed by atoms with Crippen LogP contribution in [-0.4, -0.2) is 47.5 Å². The lowest BCUT2D eigenvalue weighted by molar-refractivity contribution is -0.120. The number of pyridine rings is 1. The van der Waals surface area contributed by atoms with Crippen molar-refractivity contribution in [3.8, 4) is 5.82 Å². The van der Waals surface area contributed by atoms with E-state index in [1.807, 2.05) is 80.6 Å². The number of aryl methyl sites for hydroxylation is 2. The number of aliphatic hydroxyl groups is 1. The van der Waals surface area contributed by atoms with Crippen LogP contribution < -0.4 is 20.7 Å². The third-order valence-electron chi connectivity index (χ3n) is 9.89. The van der Waals surface area contributed by atoms with Crippen LogP contribution in [0.5, 0.6) is 0 Å². The monoisotopic (exact) mass is 798 g/mol. The summed E-state index contributed by atoms with van der Waals surface area (Å²) in [5.74, 6) is 0.409. The van der Waals surface area contributed by atoms with Gasteiger partial charge in [0.25, 0.3) is 5.91 Å². The van der Waals surface area contributed by atoms with Gasteiger partial charge in [0.2, 0.25) is 15.9 Å². The smallest absolute Gasteiger partial charge is 0.251 e. The van der Waals surface area contributed by atoms with Crippen LogP contribution in [0.4, 0.5) is 0 Å². The molecule has 2 aromatic heterocycles. The van der Waals surface area contributed by atoms with Gasteiger partial charge in [-0.1, -0.05) is 84.9 Å². The molecular formula is C46H50N6O5S. The summed E-state index contributed by atoms with van der Waals surface area (Å²) >= 11 is 0. The van der Waals surface area contributed by atoms with E-state index in [0.717, 1.165) is 51.4 Å². The quantitative estimate of drug-likeness (QED) is 0.0714. The maximum atomic E-state index is 12.9. The van der Waals surface area contributed by atoms with Crippen LogP contribution in [0, 0.1) is 13.8 Å². The largest absolute Gasteiger partial charge is 0.387 e. The van der Waals surface area contributed by atoms with Crippen LogP contribution >= 0.6 is 0 Å². The van der Waals surface area contributed by atoms with Crippen molar-refractivity contribution in [2.75, 3.05) is 6.54 Å². The molecular weight excluding hydrogens is 749 g/mol. The summed E-state index contributed by atoms with van der Waals surface area (Å²) in [5, 5.41) is 20.1. The molecule has 300 valence electrons. The summed E-state index contributed by atoms with van der Waals surface area (Å²) in [7, 11) is -3.74. The number of aliphatic hydroxyl groups excluding tert-OH is 1. The molecule has 2 amide bonds. The minimum absolute atomic E-state index is 0.0871. The van der Waals surface area contributed by atoms with Gasteiger partial charge in [-0.3, -0.25) is 9.59 Å². The number of rotatable bonds is 18. The second kappa shape index (κ2) is 19.5. The van der Waals surface area contributed by atoms with E-state index >= 15 is 0 Å². The molecule has 0 saturated carbocycles. The molecule has 12 heteroatoms. The average Bonchev–Trinajstić information content (AvgIpc) is 3.58. The number of carbonyl (C=O) groups excluding carboxylic acids is 2. The van der Waals surface area contributed by atoms with Crippen molar-refractivity contribution in [1.29, 1.82) is 0 Å². The van der Waals surface area contributed by atoms with Crippen molar-refractivity contribution in [3.63, 3.8) is 0 Å². The molecule has 6 aromatic rings. The summed E-state index contributed by atoms with van der Waals surface area (Å²) in [5.41, 5.74) is 7.75. The van der Waals surface area contributed by atoms with Crippen LogP contribution in [0.2, 0.25) is 0 Å². The molecule has 0 radical (unpaired) electrons. The lowest BCUT2D eigenvalue weighted by Crippen LogP contribution is -2.32. The first-order valence-electron chi connectivity index (χ1n) is 19.3. The van der Waals surface area contributed by atoms with Gasteiger partial charge in [0, 0.05) is 60.9 Å². The number of amides is 2. The summed E-state index contributed by atoms with van der Waals surface area (Å²) in [6.45, 7) is 7.18. The maximum Gasteiger partial charge on any atom is 0.251 e. The van der Waals surface area contributed by atoms with E-state index in [2.05, 4.69) is 49.3 Å². The first kappa shape index (κ1) is 41.7. The Morgan fingerprint density at radius 1 is 0.707 bits per heavy atom. The van der Waals surface area contributed by atoms with E-state index in [1.54, 1.807) is 48.7 Å². The second-order valence-corrected chi connectivity index (χ2v) is 16.3. The third-order valence-corrected chi connectivity index (χ3v) is 11.3. The Balaban J connectivity index is 0.913. The van der Waals surface area contributed by atoms with Crippen LogP contribution in [0.1, 0.15) is 68.2 Å². The molecule has 4 aromatic carbocycles. The molecule has 0 fully saturated rings. The Bertz CT molecular complexity index is 2400. The Kier molecular flexibility index (Phi) is 14.0. The highest BCUT2D eigenvalue weighted by molar-refractivity contribution is 7.89. The van der Waals surface area contributed by atoms with Crippen LogP contribution in [-0.2, 0) is 47.3 Å². The molecule has 2 atom stereocenters. The number of sulfonamides is 1. The SMILES string of the molecule is Cc1ccc(C)n1-c1ccc(C(O)CN[C@H](C)Cc2cccc(CC(=O)NCc3ccc(C(=O)NCc4cccc(S(=O)(=O)NCc5ccccc5)c4)cc3)c2)cn1. The first-order chi connectivity index (χ1) is 27.9. The van der Waals surface area contributed by atoms with Crippen LogP contribution in [0.25, 0.3) is 5.82 Å². The molecule has 0 saturated heterocycles. The molecule has 0 spiro atoms. The van der Waals surface area contributed by atoms with E-state index in [-0.39, 0.29) is 42.3 Å². The van der Waals surface area contributed by atoms with E-state index < -0.39 is 16.1 Å². The van der Waals surface area contributed by atoms with Crippen molar-refractivity contribution in [1.82, 2.24) is 30.2 Å². The predicted molar refractivity (Wildman–Crippen MR) is 226 cm³/mol. The summed E-state index contributed by atoms with van der Waals surface area (Å²) in [6.07, 6.45) is 1.98. The van der Waals surface area contributed by atoms with Gasteiger partial charge in [0.05, 0.1) is 17.4 Å². The van der Waals surface area contributed by atoms with E-state index in [1.165, 1.54) is 6.07 Å². The Morgan fingerprint density at radius 2 is 1.36 bits per heavy atom. The summed E-state index contributed by atoms with van der Waals surface area (Å²) in [6, 6.07) is 38.7. The molecule has 2 heterocycles. The predicted octanol–water partition coefficient (Wildman–Crippen LogP) is 6.01. The topological polar surface area (TPSA) is 154 Å². The normalized spacial score (nSPS) is 12.5. The maximum absolute atomic E-state index is 12.9. The standard InChI is InChI=1S/C46H50N6O5S/c1-32(47-31-43(53)41-21-22-44(48-30-41)52-33(2)15-16-34(52)3)23-37-11-7-12-38(24-37)26-45(54)49-27-36-17-19-40(20-18-36)46(55)50-28-39-13-8-14-42(25-39)58(56,57)51-29-35-9-5-4-6-10-35/h4-22,24-25,30,32,43,47,51,53H,23,26-29,31H2,1-3H3,(H,49,54)(H,50,55)/t32-,43?/m1/s1. The van der Waals surface area contributed by atoms with Gasteiger partial charge in [0.1, 0.15) is 5.82 Å². The fraction of sp³-hybridized carbons (Fsp3) is 0.239. The Morgan fingerprint density at radius 3 is 2.09 bits per heavy atom. The minimum Gasteiger partial charge on any atom is -0.387 e. The molecule has 11 nitrogen and oxygen atoms in total. The Hall–Kier alpha value is -5.92. The van der Waals surface area contributed by atoms with Gasteiger partial charge in [-0.15, -0.1) is 0 Å². The molecule has 0 aliphatic rings. The van der Waals surface area contributed by atoms with Crippen molar-refractivity contribution in [2.24, 2.45) is 0 Å². The van der Waals surface area contributed by atoms with Gasteiger partial charge in [0.15, 0.2) is 0 Å². The van der Waals surface area contributed by atoms with Crippen molar-refractivity contribution >= 4 is 21.8 Å². The number of benzene rings is 4. The van der Waals surface area contributed by atoms with E-state index in [0.29, 0.717) is 24.2 Å². The molecule has 1 unspecified atom stereocenters. The number of hydrogen-bond donors (Lipinski definition) is 5. The lowest BCUT2D eigenvalue weighted by atomic mass is 10.0. The first-order valence-corrected chi connectivity index (χ1v) is 20.8. The van der Waals surface area contributed by atoms with E-state index in [4.69, 9.17) is 0 Å². The van der Waals surface area contributed by atoms with Gasteiger partial charge >= 0.3 is 0 Å². The highest BCUT2D eigenvalue weighted by atomic mass is 32.2. The second-order valence-electron chi connectivity index (χ2n) is 14.5. The van der Waals surface area contributed by atoms with Crippen molar-refractivity contribution in [3.05, 3.63) is 184 Å². The molecule has 5 N–H and O–H groups in total.